The molecule has 0 spiro atoms. The maximum absolute atomic E-state index is 10.6. The zero-order valence-electron chi connectivity index (χ0n) is 5.74. The maximum Gasteiger partial charge on any atom is 0.253 e. The van der Waals surface area contributed by atoms with Crippen molar-refractivity contribution in [3.63, 3.8) is 0 Å². The lowest BCUT2D eigenvalue weighted by Gasteiger charge is -2.12. The number of nitrogens with one attached hydrogen (secondary N) is 2. The molecule has 0 radical (unpaired) electrons. The fourth-order valence-electron chi connectivity index (χ4n) is 0.309. The lowest BCUT2D eigenvalue weighted by atomic mass is 10.4. The normalized spacial score (nSPS) is 12.7. The Morgan fingerprint density at radius 2 is 2.00 bits per heavy atom. The number of aliphatic hydroxyl groups is 1. The van der Waals surface area contributed by atoms with Gasteiger partial charge in [-0.05, 0) is 0 Å². The lowest BCUT2D eigenvalue weighted by Crippen LogP contribution is -2.53. The molecule has 9 N–H and O–H groups in total. The van der Waals surface area contributed by atoms with Crippen molar-refractivity contribution in [3.05, 3.63) is 0 Å². The minimum Gasteiger partial charge on any atom is -0.384 e. The first-order valence-corrected chi connectivity index (χ1v) is 2.78. The van der Waals surface area contributed by atoms with E-state index in [4.69, 9.17) is 27.7 Å². The summed E-state index contributed by atoms with van der Waals surface area (Å²) < 4.78 is 0. The van der Waals surface area contributed by atoms with Crippen LogP contribution in [0.2, 0.25) is 0 Å². The van der Waals surface area contributed by atoms with Crippen molar-refractivity contribution in [2.24, 2.45) is 17.2 Å². The Labute approximate surface area is 63.0 Å². The third kappa shape index (κ3) is 3.50. The molecule has 1 unspecified atom stereocenters. The predicted octanol–water partition coefficient (Wildman–Crippen LogP) is -3.40. The SMILES string of the molecule is N=C(N)C(O)NC(=O)C(N)N. The third-order valence-electron chi connectivity index (χ3n) is 0.876. The molecule has 0 aromatic heterocycles. The standard InChI is InChI=1S/C4H11N5O2/c5-1(6)3(10)9-4(11)2(7)8/h1,4,11H,5-6H2,(H3,7,8)(H,9,10). The number of carbonyl (C=O) groups excluding carboxylic acids is 1. The van der Waals surface area contributed by atoms with Crippen LogP contribution in [-0.4, -0.2) is 29.2 Å². The third-order valence-corrected chi connectivity index (χ3v) is 0.876. The van der Waals surface area contributed by atoms with Crippen LogP contribution in [0, 0.1) is 5.41 Å². The highest BCUT2D eigenvalue weighted by molar-refractivity contribution is 5.88. The highest BCUT2D eigenvalue weighted by Gasteiger charge is 2.13. The lowest BCUT2D eigenvalue weighted by molar-refractivity contribution is -0.124. The van der Waals surface area contributed by atoms with Crippen molar-refractivity contribution in [1.82, 2.24) is 5.32 Å². The summed E-state index contributed by atoms with van der Waals surface area (Å²) in [5.74, 6) is -1.34. The molecule has 0 aliphatic heterocycles. The van der Waals surface area contributed by atoms with E-state index in [0.717, 1.165) is 0 Å². The molecular weight excluding hydrogens is 150 g/mol. The van der Waals surface area contributed by atoms with E-state index in [1.165, 1.54) is 0 Å². The molecule has 0 aliphatic rings. The number of hydrogen-bond acceptors (Lipinski definition) is 5. The molecule has 64 valence electrons. The molecule has 1 amide bonds. The quantitative estimate of drug-likeness (QED) is 0.145. The molecule has 0 aromatic rings. The number of amidine groups is 1. The molecule has 1 atom stereocenters. The van der Waals surface area contributed by atoms with Gasteiger partial charge in [-0.3, -0.25) is 10.2 Å². The highest BCUT2D eigenvalue weighted by Crippen LogP contribution is 1.75. The van der Waals surface area contributed by atoms with Crippen LogP contribution in [-0.2, 0) is 4.79 Å². The van der Waals surface area contributed by atoms with Gasteiger partial charge in [0.25, 0.3) is 5.91 Å². The van der Waals surface area contributed by atoms with Crippen LogP contribution in [0.1, 0.15) is 0 Å². The summed E-state index contributed by atoms with van der Waals surface area (Å²) in [6.07, 6.45) is -2.74. The van der Waals surface area contributed by atoms with Gasteiger partial charge in [-0.15, -0.1) is 0 Å². The van der Waals surface area contributed by atoms with Gasteiger partial charge >= 0.3 is 0 Å². The number of amides is 1. The van der Waals surface area contributed by atoms with Crippen LogP contribution >= 0.6 is 0 Å². The van der Waals surface area contributed by atoms with Crippen molar-refractivity contribution in [1.29, 1.82) is 5.41 Å². The Bertz CT molecular complexity index is 168. The highest BCUT2D eigenvalue weighted by atomic mass is 16.3. The summed E-state index contributed by atoms with van der Waals surface area (Å²) in [6, 6.07) is 0. The Balaban J connectivity index is 3.85. The van der Waals surface area contributed by atoms with Gasteiger partial charge < -0.3 is 27.6 Å². The van der Waals surface area contributed by atoms with E-state index in [-0.39, 0.29) is 0 Å². The summed E-state index contributed by atoms with van der Waals surface area (Å²) >= 11 is 0. The van der Waals surface area contributed by atoms with Crippen LogP contribution in [0.4, 0.5) is 0 Å². The van der Waals surface area contributed by atoms with Gasteiger partial charge in [0.2, 0.25) is 0 Å². The van der Waals surface area contributed by atoms with Crippen LogP contribution < -0.4 is 22.5 Å². The van der Waals surface area contributed by atoms with Crippen molar-refractivity contribution in [2.75, 3.05) is 0 Å². The van der Waals surface area contributed by atoms with Gasteiger partial charge in [0, 0.05) is 0 Å². The van der Waals surface area contributed by atoms with E-state index in [1.807, 2.05) is 5.32 Å². The van der Waals surface area contributed by atoms with E-state index < -0.39 is 24.1 Å². The number of aliphatic hydroxyl groups excluding tert-OH is 1. The second kappa shape index (κ2) is 3.86. The monoisotopic (exact) mass is 161 g/mol. The first kappa shape index (κ1) is 9.82. The Morgan fingerprint density at radius 1 is 1.55 bits per heavy atom. The number of hydrogen-bond donors (Lipinski definition) is 6. The molecule has 0 fully saturated rings. The van der Waals surface area contributed by atoms with Crippen LogP contribution in [0.15, 0.2) is 0 Å². The fourth-order valence-corrected chi connectivity index (χ4v) is 0.309. The van der Waals surface area contributed by atoms with E-state index in [0.29, 0.717) is 0 Å². The van der Waals surface area contributed by atoms with Gasteiger partial charge in [0.05, 0.1) is 0 Å². The molecule has 0 rings (SSSR count). The second-order valence-corrected chi connectivity index (χ2v) is 1.89. The van der Waals surface area contributed by atoms with E-state index in [1.54, 1.807) is 0 Å². The zero-order valence-corrected chi connectivity index (χ0v) is 5.74. The van der Waals surface area contributed by atoms with E-state index in [9.17, 15) is 4.79 Å². The topological polar surface area (TPSA) is 151 Å². The van der Waals surface area contributed by atoms with E-state index >= 15 is 0 Å². The summed E-state index contributed by atoms with van der Waals surface area (Å²) in [5.41, 5.74) is 14.7. The number of nitrogens with two attached hydrogens (primary N) is 3. The van der Waals surface area contributed by atoms with Crippen molar-refractivity contribution >= 4 is 11.7 Å². The van der Waals surface area contributed by atoms with Gasteiger partial charge in [-0.1, -0.05) is 0 Å². The van der Waals surface area contributed by atoms with Crippen molar-refractivity contribution in [2.45, 2.75) is 12.4 Å². The zero-order chi connectivity index (χ0) is 9.02. The van der Waals surface area contributed by atoms with Crippen molar-refractivity contribution in [3.8, 4) is 0 Å². The van der Waals surface area contributed by atoms with Gasteiger partial charge in [0.1, 0.15) is 12.0 Å². The average Bonchev–Trinajstić information content (AvgIpc) is 1.87. The van der Waals surface area contributed by atoms with Crippen LogP contribution in [0.5, 0.6) is 0 Å². The maximum atomic E-state index is 10.6. The summed E-state index contributed by atoms with van der Waals surface area (Å²) in [5, 5.41) is 17.3. The molecule has 0 heterocycles. The van der Waals surface area contributed by atoms with Crippen LogP contribution in [0.25, 0.3) is 0 Å². The van der Waals surface area contributed by atoms with Gasteiger partial charge in [0.15, 0.2) is 6.23 Å². The first-order valence-electron chi connectivity index (χ1n) is 2.78. The minimum atomic E-state index is -1.52. The molecule has 0 bridgehead atoms. The largest absolute Gasteiger partial charge is 0.384 e. The van der Waals surface area contributed by atoms with Gasteiger partial charge in [-0.25, -0.2) is 0 Å². The molecule has 0 saturated carbocycles. The second-order valence-electron chi connectivity index (χ2n) is 1.89. The minimum absolute atomic E-state index is 0.570. The smallest absolute Gasteiger partial charge is 0.253 e. The molecule has 7 nitrogen and oxygen atoms in total. The molecule has 0 aromatic carbocycles. The predicted molar refractivity (Wildman–Crippen MR) is 38.2 cm³/mol. The molecule has 0 saturated heterocycles. The fraction of sp³-hybridized carbons (Fsp3) is 0.500. The Kier molecular flexibility index (Phi) is 3.45. The van der Waals surface area contributed by atoms with Crippen molar-refractivity contribution < 1.29 is 9.90 Å². The van der Waals surface area contributed by atoms with Gasteiger partial charge in [-0.2, -0.15) is 0 Å². The summed E-state index contributed by atoms with van der Waals surface area (Å²) in [7, 11) is 0. The number of rotatable bonds is 3. The molecular formula is C4H11N5O2. The Hall–Kier alpha value is -1.18. The Morgan fingerprint density at radius 3 is 2.27 bits per heavy atom. The summed E-state index contributed by atoms with van der Waals surface area (Å²) in [6.45, 7) is 0. The molecule has 11 heavy (non-hydrogen) atoms. The number of carbonyl (C=O) groups is 1. The van der Waals surface area contributed by atoms with E-state index in [2.05, 4.69) is 0 Å². The average molecular weight is 161 g/mol. The molecule has 7 heteroatoms. The first-order chi connectivity index (χ1) is 4.95. The molecule has 0 aliphatic carbocycles. The summed E-state index contributed by atoms with van der Waals surface area (Å²) in [4.78, 5) is 10.6. The van der Waals surface area contributed by atoms with Crippen LogP contribution in [0.3, 0.4) is 0 Å².